The minimum atomic E-state index is -0.744. The largest absolute Gasteiger partial charge is 0.365 e. The molecule has 0 aliphatic rings. The lowest BCUT2D eigenvalue weighted by atomic mass is 10.1. The number of primary amides is 1. The highest BCUT2D eigenvalue weighted by atomic mass is 35.5. The molecule has 134 valence electrons. The van der Waals surface area contributed by atoms with Crippen LogP contribution in [0.3, 0.4) is 0 Å². The van der Waals surface area contributed by atoms with E-state index in [0.717, 1.165) is 12.1 Å². The molecule has 0 aliphatic heterocycles. The third kappa shape index (κ3) is 3.79. The number of hydrogen-bond acceptors (Lipinski definition) is 3. The maximum Gasteiger partial charge on any atom is 0.254 e. The van der Waals surface area contributed by atoms with Crippen molar-refractivity contribution in [2.75, 3.05) is 14.1 Å². The molecule has 0 unspecified atom stereocenters. The Labute approximate surface area is 156 Å². The molecule has 1 amide bonds. The van der Waals surface area contributed by atoms with Crippen LogP contribution in [0.2, 0.25) is 5.02 Å². The highest BCUT2D eigenvalue weighted by Crippen LogP contribution is 2.19. The van der Waals surface area contributed by atoms with Crippen molar-refractivity contribution in [2.45, 2.75) is 13.1 Å². The summed E-state index contributed by atoms with van der Waals surface area (Å²) in [7, 11) is 4.05. The van der Waals surface area contributed by atoms with Crippen molar-refractivity contribution in [3.8, 4) is 0 Å². The van der Waals surface area contributed by atoms with Crippen LogP contribution >= 0.6 is 11.6 Å². The van der Waals surface area contributed by atoms with Crippen molar-refractivity contribution in [1.29, 1.82) is 0 Å². The van der Waals surface area contributed by atoms with Crippen LogP contribution < -0.4 is 11.2 Å². The molecule has 26 heavy (non-hydrogen) atoms. The van der Waals surface area contributed by atoms with Crippen LogP contribution in [0.15, 0.2) is 53.5 Å². The van der Waals surface area contributed by atoms with Gasteiger partial charge in [0.1, 0.15) is 5.56 Å². The number of nitrogens with two attached hydrogens (primary N) is 1. The second kappa shape index (κ2) is 7.32. The van der Waals surface area contributed by atoms with E-state index in [0.29, 0.717) is 22.5 Å². The van der Waals surface area contributed by atoms with Gasteiger partial charge in [0.15, 0.2) is 0 Å². The molecule has 5 nitrogen and oxygen atoms in total. The number of rotatable bonds is 5. The zero-order valence-corrected chi connectivity index (χ0v) is 15.5. The average Bonchev–Trinajstić information content (AvgIpc) is 2.58. The second-order valence-electron chi connectivity index (χ2n) is 6.58. The van der Waals surface area contributed by atoms with E-state index in [1.54, 1.807) is 18.2 Å². The fourth-order valence-corrected chi connectivity index (χ4v) is 3.16. The van der Waals surface area contributed by atoms with Gasteiger partial charge in [0.25, 0.3) is 5.91 Å². The third-order valence-electron chi connectivity index (χ3n) is 4.18. The molecule has 0 atom stereocenters. The lowest BCUT2D eigenvalue weighted by molar-refractivity contribution is 0.0999. The summed E-state index contributed by atoms with van der Waals surface area (Å²) in [6, 6.07) is 13.3. The van der Waals surface area contributed by atoms with E-state index in [9.17, 15) is 9.59 Å². The van der Waals surface area contributed by atoms with Gasteiger partial charge >= 0.3 is 0 Å². The Bertz CT molecular complexity index is 1020. The maximum atomic E-state index is 12.5. The van der Waals surface area contributed by atoms with Crippen LogP contribution in [0.25, 0.3) is 10.9 Å². The fraction of sp³-hybridized carbons (Fsp3) is 0.200. The van der Waals surface area contributed by atoms with Crippen molar-refractivity contribution in [3.63, 3.8) is 0 Å². The normalized spacial score (nSPS) is 11.2. The summed E-state index contributed by atoms with van der Waals surface area (Å²) < 4.78 is 1.86. The molecule has 0 fully saturated rings. The highest BCUT2D eigenvalue weighted by molar-refractivity contribution is 6.31. The number of benzene rings is 2. The summed E-state index contributed by atoms with van der Waals surface area (Å²) in [6.45, 7) is 1.38. The highest BCUT2D eigenvalue weighted by Gasteiger charge is 2.13. The molecular formula is C20H20ClN3O2. The molecular weight excluding hydrogens is 350 g/mol. The van der Waals surface area contributed by atoms with Gasteiger partial charge in [-0.3, -0.25) is 9.59 Å². The van der Waals surface area contributed by atoms with E-state index in [4.69, 9.17) is 17.3 Å². The minimum absolute atomic E-state index is 0.0380. The quantitative estimate of drug-likeness (QED) is 0.751. The van der Waals surface area contributed by atoms with Crippen molar-refractivity contribution in [1.82, 2.24) is 9.47 Å². The summed E-state index contributed by atoms with van der Waals surface area (Å²) in [5.74, 6) is -0.744. The minimum Gasteiger partial charge on any atom is -0.365 e. The first-order valence-corrected chi connectivity index (χ1v) is 8.58. The van der Waals surface area contributed by atoms with E-state index in [-0.39, 0.29) is 5.56 Å². The summed E-state index contributed by atoms with van der Waals surface area (Å²) in [4.78, 5) is 26.3. The molecule has 2 N–H and O–H groups in total. The standard InChI is InChI=1S/C20H20ClN3O2/c1-23(2)10-13-3-5-14(6-4-13)11-24-12-17(20(22)26)19(25)16-9-15(21)7-8-18(16)24/h3-9,12H,10-11H2,1-2H3,(H2,22,26). The number of pyridine rings is 1. The molecule has 1 heterocycles. The van der Waals surface area contributed by atoms with Crippen molar-refractivity contribution >= 4 is 28.4 Å². The molecule has 3 aromatic rings. The third-order valence-corrected chi connectivity index (χ3v) is 4.42. The van der Waals surface area contributed by atoms with Crippen LogP contribution in [0.5, 0.6) is 0 Å². The lowest BCUT2D eigenvalue weighted by Crippen LogP contribution is -2.24. The van der Waals surface area contributed by atoms with Gasteiger partial charge in [-0.15, -0.1) is 0 Å². The smallest absolute Gasteiger partial charge is 0.254 e. The van der Waals surface area contributed by atoms with E-state index in [2.05, 4.69) is 17.0 Å². The Hall–Kier alpha value is -2.63. The zero-order chi connectivity index (χ0) is 18.8. The Morgan fingerprint density at radius 1 is 1.12 bits per heavy atom. The van der Waals surface area contributed by atoms with Gasteiger partial charge in [-0.2, -0.15) is 0 Å². The van der Waals surface area contributed by atoms with E-state index < -0.39 is 11.3 Å². The van der Waals surface area contributed by atoms with Crippen molar-refractivity contribution < 1.29 is 4.79 Å². The number of carbonyl (C=O) groups excluding carboxylic acids is 1. The molecule has 2 aromatic carbocycles. The van der Waals surface area contributed by atoms with Gasteiger partial charge in [0.05, 0.1) is 5.52 Å². The van der Waals surface area contributed by atoms with Gasteiger partial charge < -0.3 is 15.2 Å². The SMILES string of the molecule is CN(C)Cc1ccc(Cn2cc(C(N)=O)c(=O)c3cc(Cl)ccc32)cc1. The number of fused-ring (bicyclic) bond motifs is 1. The number of halogens is 1. The summed E-state index contributed by atoms with van der Waals surface area (Å²) >= 11 is 6.03. The Kier molecular flexibility index (Phi) is 5.11. The van der Waals surface area contributed by atoms with Crippen LogP contribution in [0.4, 0.5) is 0 Å². The number of carbonyl (C=O) groups is 1. The monoisotopic (exact) mass is 369 g/mol. The molecule has 0 bridgehead atoms. The van der Waals surface area contributed by atoms with Gasteiger partial charge in [-0.05, 0) is 43.4 Å². The van der Waals surface area contributed by atoms with Crippen LogP contribution in [-0.2, 0) is 13.1 Å². The summed E-state index contributed by atoms with van der Waals surface area (Å²) in [5.41, 5.74) is 7.93. The van der Waals surface area contributed by atoms with Crippen molar-refractivity contribution in [2.24, 2.45) is 5.73 Å². The van der Waals surface area contributed by atoms with Gasteiger partial charge in [0.2, 0.25) is 5.43 Å². The second-order valence-corrected chi connectivity index (χ2v) is 7.02. The Morgan fingerprint density at radius 3 is 2.38 bits per heavy atom. The molecule has 3 rings (SSSR count). The van der Waals surface area contributed by atoms with Crippen LogP contribution in [-0.4, -0.2) is 29.5 Å². The first-order valence-electron chi connectivity index (χ1n) is 8.20. The van der Waals surface area contributed by atoms with Gasteiger partial charge in [0, 0.05) is 29.7 Å². The molecule has 0 spiro atoms. The molecule has 0 radical (unpaired) electrons. The fourth-order valence-electron chi connectivity index (χ4n) is 2.99. The van der Waals surface area contributed by atoms with Gasteiger partial charge in [-0.25, -0.2) is 0 Å². The first-order chi connectivity index (χ1) is 12.3. The van der Waals surface area contributed by atoms with E-state index >= 15 is 0 Å². The summed E-state index contributed by atoms with van der Waals surface area (Å²) in [5, 5.41) is 0.828. The maximum absolute atomic E-state index is 12.5. The van der Waals surface area contributed by atoms with E-state index in [1.165, 1.54) is 11.8 Å². The number of hydrogen-bond donors (Lipinski definition) is 1. The molecule has 6 heteroatoms. The molecule has 0 aliphatic carbocycles. The zero-order valence-electron chi connectivity index (χ0n) is 14.7. The average molecular weight is 370 g/mol. The predicted octanol–water partition coefficient (Wildman–Crippen LogP) is 2.86. The van der Waals surface area contributed by atoms with Gasteiger partial charge in [-0.1, -0.05) is 35.9 Å². The topological polar surface area (TPSA) is 68.3 Å². The Morgan fingerprint density at radius 2 is 1.77 bits per heavy atom. The molecule has 0 saturated heterocycles. The summed E-state index contributed by atoms with van der Waals surface area (Å²) in [6.07, 6.45) is 1.52. The Balaban J connectivity index is 2.05. The van der Waals surface area contributed by atoms with Crippen LogP contribution in [0, 0.1) is 0 Å². The first kappa shape index (κ1) is 18.2. The molecule has 1 aromatic heterocycles. The van der Waals surface area contributed by atoms with Crippen LogP contribution in [0.1, 0.15) is 21.5 Å². The molecule has 0 saturated carbocycles. The number of amides is 1. The predicted molar refractivity (Wildman–Crippen MR) is 105 cm³/mol. The lowest BCUT2D eigenvalue weighted by Gasteiger charge is -2.14. The number of aromatic nitrogens is 1. The van der Waals surface area contributed by atoms with E-state index in [1.807, 2.05) is 30.8 Å². The number of nitrogens with zero attached hydrogens (tertiary/aromatic N) is 2. The van der Waals surface area contributed by atoms with Crippen molar-refractivity contribution in [3.05, 3.63) is 80.6 Å².